The zero-order valence-electron chi connectivity index (χ0n) is 5.22. The molecular weight excluding hydrogens is 122 g/mol. The molecule has 0 rings (SSSR count). The van der Waals surface area contributed by atoms with Gasteiger partial charge in [-0.2, -0.15) is 0 Å². The van der Waals surface area contributed by atoms with Crippen LogP contribution in [-0.2, 0) is 4.79 Å². The molecule has 1 unspecified atom stereocenters. The summed E-state index contributed by atoms with van der Waals surface area (Å²) < 4.78 is 0. The standard InChI is InChI=1S/C4H11N3O2/c1-3(5)7-6-2-4(8)9/h3,6-7H,2,5H2,1H3,(H,8,9). The van der Waals surface area contributed by atoms with Crippen molar-refractivity contribution in [2.24, 2.45) is 5.73 Å². The van der Waals surface area contributed by atoms with Crippen molar-refractivity contribution in [2.45, 2.75) is 13.1 Å². The van der Waals surface area contributed by atoms with E-state index in [2.05, 4.69) is 10.9 Å². The predicted molar refractivity (Wildman–Crippen MR) is 32.4 cm³/mol. The molecule has 0 aromatic carbocycles. The van der Waals surface area contributed by atoms with Gasteiger partial charge >= 0.3 is 5.97 Å². The average molecular weight is 133 g/mol. The molecule has 0 aliphatic heterocycles. The summed E-state index contributed by atoms with van der Waals surface area (Å²) in [6, 6.07) is 0. The second kappa shape index (κ2) is 4.25. The molecule has 9 heavy (non-hydrogen) atoms. The highest BCUT2D eigenvalue weighted by Crippen LogP contribution is 1.59. The van der Waals surface area contributed by atoms with Crippen LogP contribution in [0.3, 0.4) is 0 Å². The number of nitrogens with one attached hydrogen (secondary N) is 2. The van der Waals surface area contributed by atoms with Crippen LogP contribution >= 0.6 is 0 Å². The molecule has 0 aliphatic rings. The third kappa shape index (κ3) is 7.35. The lowest BCUT2D eigenvalue weighted by atomic mass is 10.6. The maximum Gasteiger partial charge on any atom is 0.318 e. The van der Waals surface area contributed by atoms with Crippen molar-refractivity contribution in [3.8, 4) is 0 Å². The van der Waals surface area contributed by atoms with Crippen LogP contribution in [0.25, 0.3) is 0 Å². The third-order valence-corrected chi connectivity index (χ3v) is 0.569. The summed E-state index contributed by atoms with van der Waals surface area (Å²) in [7, 11) is 0. The molecule has 0 amide bonds. The van der Waals surface area contributed by atoms with Crippen LogP contribution in [-0.4, -0.2) is 23.8 Å². The molecule has 0 saturated carbocycles. The van der Waals surface area contributed by atoms with Gasteiger partial charge in [-0.15, -0.1) is 0 Å². The summed E-state index contributed by atoms with van der Waals surface area (Å²) in [6.07, 6.45) is -0.232. The first-order valence-corrected chi connectivity index (χ1v) is 2.58. The zero-order valence-corrected chi connectivity index (χ0v) is 5.22. The molecule has 0 aromatic rings. The van der Waals surface area contributed by atoms with Gasteiger partial charge in [0.05, 0.1) is 6.17 Å². The third-order valence-electron chi connectivity index (χ3n) is 0.569. The quantitative estimate of drug-likeness (QED) is 0.276. The highest BCUT2D eigenvalue weighted by atomic mass is 16.4. The molecule has 1 atom stereocenters. The topological polar surface area (TPSA) is 87.4 Å². The molecule has 5 nitrogen and oxygen atoms in total. The predicted octanol–water partition coefficient (Wildman–Crippen LogP) is -1.53. The lowest BCUT2D eigenvalue weighted by molar-refractivity contribution is -0.136. The van der Waals surface area contributed by atoms with Crippen molar-refractivity contribution in [3.63, 3.8) is 0 Å². The molecule has 0 bridgehead atoms. The van der Waals surface area contributed by atoms with Gasteiger partial charge in [0.25, 0.3) is 0 Å². The van der Waals surface area contributed by atoms with E-state index in [4.69, 9.17) is 10.8 Å². The Morgan fingerprint density at radius 2 is 2.44 bits per heavy atom. The monoisotopic (exact) mass is 133 g/mol. The van der Waals surface area contributed by atoms with Crippen molar-refractivity contribution in [1.29, 1.82) is 0 Å². The Hall–Kier alpha value is -0.650. The molecule has 0 spiro atoms. The largest absolute Gasteiger partial charge is 0.480 e. The van der Waals surface area contributed by atoms with Gasteiger partial charge in [-0.25, -0.2) is 10.9 Å². The number of hydrazine groups is 1. The molecule has 0 aliphatic carbocycles. The Morgan fingerprint density at radius 3 is 2.78 bits per heavy atom. The highest BCUT2D eigenvalue weighted by molar-refractivity contribution is 5.68. The van der Waals surface area contributed by atoms with E-state index in [1.807, 2.05) is 0 Å². The van der Waals surface area contributed by atoms with Crippen LogP contribution in [0.5, 0.6) is 0 Å². The highest BCUT2D eigenvalue weighted by Gasteiger charge is 1.94. The van der Waals surface area contributed by atoms with Gasteiger partial charge in [-0.3, -0.25) is 4.79 Å². The summed E-state index contributed by atoms with van der Waals surface area (Å²) in [5.41, 5.74) is 10.1. The number of carboxylic acid groups (broad SMARTS) is 1. The Bertz CT molecular complexity index is 93.8. The second-order valence-corrected chi connectivity index (χ2v) is 1.68. The summed E-state index contributed by atoms with van der Waals surface area (Å²) >= 11 is 0. The van der Waals surface area contributed by atoms with E-state index < -0.39 is 5.97 Å². The SMILES string of the molecule is CC(N)NNCC(=O)O. The van der Waals surface area contributed by atoms with E-state index in [0.717, 1.165) is 0 Å². The maximum atomic E-state index is 9.84. The van der Waals surface area contributed by atoms with Gasteiger partial charge in [0.2, 0.25) is 0 Å². The normalized spacial score (nSPS) is 13.1. The molecule has 0 fully saturated rings. The van der Waals surface area contributed by atoms with Crippen LogP contribution < -0.4 is 16.6 Å². The molecule has 5 heteroatoms. The van der Waals surface area contributed by atoms with E-state index in [-0.39, 0.29) is 12.7 Å². The number of hydrogen-bond acceptors (Lipinski definition) is 4. The summed E-state index contributed by atoms with van der Waals surface area (Å²) in [4.78, 5) is 9.84. The van der Waals surface area contributed by atoms with Gasteiger partial charge < -0.3 is 10.8 Å². The average Bonchev–Trinajstić information content (AvgIpc) is 1.63. The first-order chi connectivity index (χ1) is 4.13. The van der Waals surface area contributed by atoms with Crippen LogP contribution in [0.2, 0.25) is 0 Å². The van der Waals surface area contributed by atoms with Gasteiger partial charge in [0.1, 0.15) is 6.54 Å². The molecular formula is C4H11N3O2. The Morgan fingerprint density at radius 1 is 1.89 bits per heavy atom. The first kappa shape index (κ1) is 8.35. The van der Waals surface area contributed by atoms with Crippen molar-refractivity contribution in [1.82, 2.24) is 10.9 Å². The van der Waals surface area contributed by atoms with E-state index in [1.54, 1.807) is 6.92 Å². The van der Waals surface area contributed by atoms with Crippen molar-refractivity contribution in [3.05, 3.63) is 0 Å². The summed E-state index contributed by atoms with van der Waals surface area (Å²) in [5.74, 6) is -0.914. The lowest BCUT2D eigenvalue weighted by Crippen LogP contribution is -2.46. The van der Waals surface area contributed by atoms with E-state index in [1.165, 1.54) is 0 Å². The van der Waals surface area contributed by atoms with Crippen LogP contribution in [0.15, 0.2) is 0 Å². The minimum Gasteiger partial charge on any atom is -0.480 e. The Kier molecular flexibility index (Phi) is 3.94. The second-order valence-electron chi connectivity index (χ2n) is 1.68. The number of nitrogens with two attached hydrogens (primary N) is 1. The van der Waals surface area contributed by atoms with Gasteiger partial charge in [0.15, 0.2) is 0 Å². The zero-order chi connectivity index (χ0) is 7.28. The van der Waals surface area contributed by atoms with E-state index in [9.17, 15) is 4.79 Å². The lowest BCUT2D eigenvalue weighted by Gasteiger charge is -2.06. The molecule has 0 saturated heterocycles. The first-order valence-electron chi connectivity index (χ1n) is 2.58. The number of rotatable bonds is 4. The number of aliphatic carboxylic acids is 1. The fourth-order valence-corrected chi connectivity index (χ4v) is 0.288. The Labute approximate surface area is 53.2 Å². The Balaban J connectivity index is 3.01. The number of carbonyl (C=O) groups is 1. The minimum absolute atomic E-state index is 0.123. The fraction of sp³-hybridized carbons (Fsp3) is 0.750. The van der Waals surface area contributed by atoms with Gasteiger partial charge in [-0.1, -0.05) is 0 Å². The summed E-state index contributed by atoms with van der Waals surface area (Å²) in [6.45, 7) is 1.58. The molecule has 0 aromatic heterocycles. The molecule has 0 radical (unpaired) electrons. The van der Waals surface area contributed by atoms with Gasteiger partial charge in [-0.05, 0) is 6.92 Å². The van der Waals surface area contributed by atoms with Crippen molar-refractivity contribution in [2.75, 3.05) is 6.54 Å². The summed E-state index contributed by atoms with van der Waals surface area (Å²) in [5, 5.41) is 8.08. The maximum absolute atomic E-state index is 9.84. The van der Waals surface area contributed by atoms with Crippen molar-refractivity contribution < 1.29 is 9.90 Å². The van der Waals surface area contributed by atoms with E-state index in [0.29, 0.717) is 0 Å². The molecule has 54 valence electrons. The smallest absolute Gasteiger partial charge is 0.318 e. The number of carboxylic acids is 1. The van der Waals surface area contributed by atoms with Crippen molar-refractivity contribution >= 4 is 5.97 Å². The van der Waals surface area contributed by atoms with Crippen LogP contribution in [0, 0.1) is 0 Å². The molecule has 0 heterocycles. The van der Waals surface area contributed by atoms with Gasteiger partial charge in [0, 0.05) is 0 Å². The van der Waals surface area contributed by atoms with E-state index >= 15 is 0 Å². The van der Waals surface area contributed by atoms with Crippen LogP contribution in [0.1, 0.15) is 6.92 Å². The fourth-order valence-electron chi connectivity index (χ4n) is 0.288. The molecule has 5 N–H and O–H groups in total. The van der Waals surface area contributed by atoms with Crippen LogP contribution in [0.4, 0.5) is 0 Å². The minimum atomic E-state index is -0.914. The number of hydrogen-bond donors (Lipinski definition) is 4.